The molecule has 2 N–H and O–H groups in total. The van der Waals surface area contributed by atoms with E-state index in [4.69, 9.17) is 21.1 Å². The number of halogens is 4. The van der Waals surface area contributed by atoms with Crippen molar-refractivity contribution in [1.82, 2.24) is 0 Å². The zero-order valence-corrected chi connectivity index (χ0v) is 21.3. The van der Waals surface area contributed by atoms with E-state index in [-0.39, 0.29) is 52.8 Å². The Balaban J connectivity index is 1.35. The number of aliphatic hydroxyl groups is 1. The lowest BCUT2D eigenvalue weighted by molar-refractivity contribution is -0.356. The predicted molar refractivity (Wildman–Crippen MR) is 127 cm³/mol. The van der Waals surface area contributed by atoms with E-state index in [1.165, 1.54) is 12.1 Å². The molecular weight excluding hydrogens is 535 g/mol. The lowest BCUT2D eigenvalue weighted by Gasteiger charge is -2.80. The number of ether oxygens (including phenoxy) is 2. The molecule has 200 valence electrons. The van der Waals surface area contributed by atoms with Crippen LogP contribution < -0.4 is 5.32 Å². The summed E-state index contributed by atoms with van der Waals surface area (Å²) in [5.74, 6) is -6.02. The molecule has 37 heavy (non-hydrogen) atoms. The van der Waals surface area contributed by atoms with Crippen LogP contribution in [-0.4, -0.2) is 50.3 Å². The second-order valence-electron chi connectivity index (χ2n) is 9.85. The summed E-state index contributed by atoms with van der Waals surface area (Å²) >= 11 is 6.25. The first-order valence-corrected chi connectivity index (χ1v) is 13.8. The molecule has 3 unspecified atom stereocenters. The van der Waals surface area contributed by atoms with Gasteiger partial charge >= 0.3 is 0 Å². The van der Waals surface area contributed by atoms with E-state index in [2.05, 4.69) is 5.32 Å². The Morgan fingerprint density at radius 3 is 2.46 bits per heavy atom. The smallest absolute Gasteiger partial charge is 0.255 e. The summed E-state index contributed by atoms with van der Waals surface area (Å²) < 4.78 is 78.2. The van der Waals surface area contributed by atoms with Gasteiger partial charge in [-0.2, -0.15) is 0 Å². The van der Waals surface area contributed by atoms with Gasteiger partial charge in [-0.25, -0.2) is 21.6 Å². The fourth-order valence-corrected chi connectivity index (χ4v) is 9.40. The second kappa shape index (κ2) is 9.23. The van der Waals surface area contributed by atoms with Crippen LogP contribution in [0.4, 0.5) is 18.9 Å². The van der Waals surface area contributed by atoms with Crippen molar-refractivity contribution in [3.8, 4) is 0 Å². The molecule has 3 aliphatic rings. The van der Waals surface area contributed by atoms with Gasteiger partial charge in [0.05, 0.1) is 27.4 Å². The molecule has 0 aromatic heterocycles. The van der Waals surface area contributed by atoms with Crippen molar-refractivity contribution in [3.05, 3.63) is 58.4 Å². The van der Waals surface area contributed by atoms with Gasteiger partial charge in [0.25, 0.3) is 5.91 Å². The van der Waals surface area contributed by atoms with E-state index in [1.807, 2.05) is 6.92 Å². The summed E-state index contributed by atoms with van der Waals surface area (Å²) in [7, 11) is -3.99. The Hall–Kier alpha value is -2.18. The molecule has 2 aromatic carbocycles. The Bertz CT molecular complexity index is 1340. The van der Waals surface area contributed by atoms with Crippen LogP contribution in [0, 0.1) is 34.7 Å². The van der Waals surface area contributed by atoms with Gasteiger partial charge in [0.15, 0.2) is 27.3 Å². The van der Waals surface area contributed by atoms with E-state index in [0.29, 0.717) is 31.6 Å². The number of hydrogen-bond donors (Lipinski definition) is 2. The van der Waals surface area contributed by atoms with Crippen LogP contribution >= 0.6 is 11.6 Å². The van der Waals surface area contributed by atoms with Gasteiger partial charge in [0.2, 0.25) is 0 Å². The lowest BCUT2D eigenvalue weighted by atomic mass is 9.28. The molecule has 12 heteroatoms. The van der Waals surface area contributed by atoms with Crippen LogP contribution in [0.15, 0.2) is 35.2 Å². The van der Waals surface area contributed by atoms with E-state index in [9.17, 15) is 31.5 Å². The topological polar surface area (TPSA) is 102 Å². The monoisotopic (exact) mass is 559 g/mol. The molecule has 1 amide bonds. The van der Waals surface area contributed by atoms with Crippen LogP contribution in [0.5, 0.6) is 0 Å². The molecule has 0 bridgehead atoms. The largest absolute Gasteiger partial charge is 0.387 e. The highest BCUT2D eigenvalue weighted by molar-refractivity contribution is 7.92. The normalized spacial score (nSPS) is 29.8. The van der Waals surface area contributed by atoms with Crippen LogP contribution in [0.3, 0.4) is 0 Å². The standard InChI is InChI=1S/C25H25ClF3NO6S/c1-2-35-12-36-11-24(32)10-16-22(15-5-6-25(15,16)24)37(33,34)20-7-13(3-4-17(20)26)23(31)30-14-8-18(27)21(29)19(28)9-14/h3-4,7-9,15-16,22,32H,2,5-6,10-12H2,1H3,(H,30,31)/t15?,16?,22-,24-,25?/m0/s1. The van der Waals surface area contributed by atoms with Gasteiger partial charge in [-0.3, -0.25) is 4.79 Å². The first kappa shape index (κ1) is 26.4. The number of sulfone groups is 1. The highest BCUT2D eigenvalue weighted by Gasteiger charge is 2.83. The molecule has 3 fully saturated rings. The summed E-state index contributed by atoms with van der Waals surface area (Å²) in [6, 6.07) is 4.90. The fraction of sp³-hybridized carbons (Fsp3) is 0.480. The zero-order chi connectivity index (χ0) is 26.8. The molecule has 5 atom stereocenters. The summed E-state index contributed by atoms with van der Waals surface area (Å²) in [5, 5.41) is 12.6. The molecule has 3 aliphatic carbocycles. The summed E-state index contributed by atoms with van der Waals surface area (Å²) in [6.07, 6.45) is 1.59. The molecule has 2 aromatic rings. The number of hydrogen-bond acceptors (Lipinski definition) is 6. The van der Waals surface area contributed by atoms with Gasteiger partial charge < -0.3 is 19.9 Å². The van der Waals surface area contributed by atoms with E-state index in [1.54, 1.807) is 0 Å². The molecule has 3 saturated carbocycles. The number of anilines is 1. The number of amides is 1. The molecule has 1 spiro atoms. The van der Waals surface area contributed by atoms with Crippen LogP contribution in [0.2, 0.25) is 5.02 Å². The van der Waals surface area contributed by atoms with Crippen molar-refractivity contribution in [2.75, 3.05) is 25.3 Å². The summed E-state index contributed by atoms with van der Waals surface area (Å²) in [4.78, 5) is 12.5. The first-order chi connectivity index (χ1) is 17.5. The average molecular weight is 560 g/mol. The fourth-order valence-electron chi connectivity index (χ4n) is 6.46. The molecule has 0 aliphatic heterocycles. The van der Waals surface area contributed by atoms with Gasteiger partial charge in [-0.1, -0.05) is 11.6 Å². The third-order valence-electron chi connectivity index (χ3n) is 8.22. The van der Waals surface area contributed by atoms with Gasteiger partial charge in [0, 0.05) is 35.4 Å². The van der Waals surface area contributed by atoms with Gasteiger partial charge in [0.1, 0.15) is 6.79 Å². The average Bonchev–Trinajstić information content (AvgIpc) is 2.81. The minimum Gasteiger partial charge on any atom is -0.387 e. The van der Waals surface area contributed by atoms with Crippen LogP contribution in [0.1, 0.15) is 36.5 Å². The van der Waals surface area contributed by atoms with E-state index in [0.717, 1.165) is 6.07 Å². The Morgan fingerprint density at radius 1 is 1.16 bits per heavy atom. The highest BCUT2D eigenvalue weighted by Crippen LogP contribution is 2.80. The van der Waals surface area contributed by atoms with Crippen molar-refractivity contribution < 1.29 is 41.0 Å². The highest BCUT2D eigenvalue weighted by atomic mass is 35.5. The third kappa shape index (κ3) is 3.89. The van der Waals surface area contributed by atoms with Crippen molar-refractivity contribution in [2.45, 2.75) is 41.9 Å². The summed E-state index contributed by atoms with van der Waals surface area (Å²) in [5.41, 5.74) is -2.08. The zero-order valence-electron chi connectivity index (χ0n) is 19.8. The lowest BCUT2D eigenvalue weighted by Crippen LogP contribution is -2.85. The molecular formula is C25H25ClF3NO6S. The molecule has 0 heterocycles. The van der Waals surface area contributed by atoms with Crippen molar-refractivity contribution in [2.24, 2.45) is 17.3 Å². The number of carbonyl (C=O) groups excluding carboxylic acids is 1. The van der Waals surface area contributed by atoms with Gasteiger partial charge in [-0.05, 0) is 56.2 Å². The Kier molecular flexibility index (Phi) is 6.59. The minimum atomic E-state index is -3.99. The molecule has 0 radical (unpaired) electrons. The van der Waals surface area contributed by atoms with Crippen LogP contribution in [-0.2, 0) is 19.3 Å². The van der Waals surface area contributed by atoms with Crippen molar-refractivity contribution in [3.63, 3.8) is 0 Å². The minimum absolute atomic E-state index is 0.0492. The molecule has 0 saturated heterocycles. The number of rotatable bonds is 9. The van der Waals surface area contributed by atoms with E-state index < -0.39 is 49.5 Å². The molecule has 7 nitrogen and oxygen atoms in total. The number of benzene rings is 2. The first-order valence-electron chi connectivity index (χ1n) is 11.8. The Labute approximate surface area is 216 Å². The molecule has 5 rings (SSSR count). The predicted octanol–water partition coefficient (Wildman–Crippen LogP) is 4.32. The maximum Gasteiger partial charge on any atom is 0.255 e. The SMILES string of the molecule is CCOCOC[C@@]1(O)CC2[C@@H](S(=O)(=O)c3cc(C(=O)Nc4cc(F)c(F)c(F)c4)ccc3Cl)C3CCC321. The Morgan fingerprint density at radius 2 is 1.86 bits per heavy atom. The van der Waals surface area contributed by atoms with Crippen molar-refractivity contribution >= 4 is 33.0 Å². The van der Waals surface area contributed by atoms with Crippen molar-refractivity contribution in [1.29, 1.82) is 0 Å². The quantitative estimate of drug-likeness (QED) is 0.269. The maximum atomic E-state index is 13.7. The maximum absolute atomic E-state index is 13.7. The van der Waals surface area contributed by atoms with Crippen LogP contribution in [0.25, 0.3) is 0 Å². The third-order valence-corrected chi connectivity index (χ3v) is 11.0. The van der Waals surface area contributed by atoms with E-state index >= 15 is 0 Å². The number of nitrogens with one attached hydrogen (secondary N) is 1. The second-order valence-corrected chi connectivity index (χ2v) is 12.3. The number of carbonyl (C=O) groups is 1. The summed E-state index contributed by atoms with van der Waals surface area (Å²) in [6.45, 7) is 2.41. The van der Waals surface area contributed by atoms with Gasteiger partial charge in [-0.15, -0.1) is 0 Å².